The van der Waals surface area contributed by atoms with E-state index in [1.54, 1.807) is 5.40 Å². The number of aromatic hydroxyl groups is 3. The van der Waals surface area contributed by atoms with Crippen molar-refractivity contribution >= 4 is 11.8 Å². The summed E-state index contributed by atoms with van der Waals surface area (Å²) >= 11 is 0.709. The van der Waals surface area contributed by atoms with Crippen LogP contribution in [-0.4, -0.2) is 15.3 Å². The Balaban J connectivity index is 3.19. The molecule has 1 rings (SSSR count). The first-order chi connectivity index (χ1) is 5.66. The minimum absolute atomic E-state index is 0.216. The van der Waals surface area contributed by atoms with E-state index in [1.807, 2.05) is 0 Å². The third kappa shape index (κ3) is 1.38. The Labute approximate surface area is 72.7 Å². The zero-order valence-corrected chi connectivity index (χ0v) is 6.67. The van der Waals surface area contributed by atoms with Crippen LogP contribution >= 0.6 is 11.8 Å². The maximum Gasteiger partial charge on any atom is 0.201 e. The van der Waals surface area contributed by atoms with Gasteiger partial charge in [0.2, 0.25) is 5.75 Å². The topological polar surface area (TPSA) is 84.5 Å². The van der Waals surface area contributed by atoms with Gasteiger partial charge in [-0.1, -0.05) is 0 Å². The Morgan fingerprint density at radius 3 is 2.42 bits per heavy atom. The third-order valence-electron chi connectivity index (χ3n) is 1.25. The number of rotatable bonds is 1. The van der Waals surface area contributed by atoms with Crippen LogP contribution in [0.4, 0.5) is 0 Å². The van der Waals surface area contributed by atoms with E-state index in [9.17, 15) is 0 Å². The molecule has 0 unspecified atom stereocenters. The largest absolute Gasteiger partial charge is 0.504 e. The van der Waals surface area contributed by atoms with Crippen LogP contribution in [0.5, 0.6) is 17.2 Å². The second-order valence-electron chi connectivity index (χ2n) is 1.97. The van der Waals surface area contributed by atoms with Crippen LogP contribution < -0.4 is 0 Å². The van der Waals surface area contributed by atoms with E-state index in [0.29, 0.717) is 11.8 Å². The van der Waals surface area contributed by atoms with Crippen LogP contribution in [0.1, 0.15) is 0 Å². The van der Waals surface area contributed by atoms with Crippen molar-refractivity contribution in [2.45, 2.75) is 4.90 Å². The van der Waals surface area contributed by atoms with Crippen LogP contribution in [0.25, 0.3) is 0 Å². The Bertz CT molecular complexity index is 345. The van der Waals surface area contributed by atoms with Crippen molar-refractivity contribution in [1.82, 2.24) is 0 Å². The van der Waals surface area contributed by atoms with E-state index in [1.165, 1.54) is 12.1 Å². The van der Waals surface area contributed by atoms with E-state index in [-0.39, 0.29) is 4.90 Å². The maximum atomic E-state index is 9.13. The van der Waals surface area contributed by atoms with E-state index < -0.39 is 17.2 Å². The molecule has 0 fully saturated rings. The highest BCUT2D eigenvalue weighted by Gasteiger charge is 2.10. The highest BCUT2D eigenvalue weighted by atomic mass is 32.2. The van der Waals surface area contributed by atoms with Crippen molar-refractivity contribution in [2.24, 2.45) is 0 Å². The van der Waals surface area contributed by atoms with E-state index in [4.69, 9.17) is 20.6 Å². The lowest BCUT2D eigenvalue weighted by Gasteiger charge is -2.02. The Kier molecular flexibility index (Phi) is 2.31. The van der Waals surface area contributed by atoms with Crippen molar-refractivity contribution in [3.8, 4) is 22.6 Å². The molecule has 62 valence electrons. The molecule has 5 heteroatoms. The van der Waals surface area contributed by atoms with Gasteiger partial charge in [0.1, 0.15) is 5.40 Å². The lowest BCUT2D eigenvalue weighted by Crippen LogP contribution is -1.74. The number of thiocyanates is 1. The van der Waals surface area contributed by atoms with Crippen molar-refractivity contribution in [1.29, 1.82) is 5.26 Å². The SMILES string of the molecule is N#CSc1ccc(O)c(O)c1O. The van der Waals surface area contributed by atoms with E-state index in [0.717, 1.165) is 0 Å². The van der Waals surface area contributed by atoms with Gasteiger partial charge in [-0.3, -0.25) is 0 Å². The minimum atomic E-state index is -0.602. The summed E-state index contributed by atoms with van der Waals surface area (Å²) in [6, 6.07) is 2.55. The second kappa shape index (κ2) is 3.24. The summed E-state index contributed by atoms with van der Waals surface area (Å²) in [5.41, 5.74) is 0. The van der Waals surface area contributed by atoms with Gasteiger partial charge in [0.25, 0.3) is 0 Å². The molecular formula is C7H5NO3S. The molecule has 0 aliphatic carbocycles. The number of phenolic OH excluding ortho intramolecular Hbond substituents is 3. The minimum Gasteiger partial charge on any atom is -0.504 e. The predicted molar refractivity (Wildman–Crippen MR) is 42.9 cm³/mol. The highest BCUT2D eigenvalue weighted by Crippen LogP contribution is 2.41. The zero-order chi connectivity index (χ0) is 9.14. The molecule has 12 heavy (non-hydrogen) atoms. The molecule has 0 amide bonds. The Morgan fingerprint density at radius 2 is 1.83 bits per heavy atom. The summed E-state index contributed by atoms with van der Waals surface area (Å²) < 4.78 is 0. The molecule has 0 atom stereocenters. The van der Waals surface area contributed by atoms with E-state index >= 15 is 0 Å². The molecule has 4 nitrogen and oxygen atoms in total. The van der Waals surface area contributed by atoms with Crippen molar-refractivity contribution in [3.05, 3.63) is 12.1 Å². The first-order valence-corrected chi connectivity index (χ1v) is 3.78. The van der Waals surface area contributed by atoms with Crippen molar-refractivity contribution in [3.63, 3.8) is 0 Å². The third-order valence-corrected chi connectivity index (χ3v) is 1.89. The fourth-order valence-corrected chi connectivity index (χ4v) is 1.11. The first-order valence-electron chi connectivity index (χ1n) is 2.96. The molecule has 0 aromatic heterocycles. The molecule has 0 aliphatic heterocycles. The van der Waals surface area contributed by atoms with Gasteiger partial charge in [0.15, 0.2) is 11.5 Å². The number of hydrogen-bond donors (Lipinski definition) is 3. The Hall–Kier alpha value is -1.54. The van der Waals surface area contributed by atoms with Crippen LogP contribution in [0.2, 0.25) is 0 Å². The van der Waals surface area contributed by atoms with Gasteiger partial charge in [-0.05, 0) is 23.9 Å². The number of nitrogens with zero attached hydrogens (tertiary/aromatic N) is 1. The molecule has 0 aliphatic rings. The molecule has 0 radical (unpaired) electrons. The number of thioether (sulfide) groups is 1. The monoisotopic (exact) mass is 183 g/mol. The van der Waals surface area contributed by atoms with Gasteiger partial charge in [-0.2, -0.15) is 5.26 Å². The number of hydrogen-bond acceptors (Lipinski definition) is 5. The van der Waals surface area contributed by atoms with Crippen molar-refractivity contribution < 1.29 is 15.3 Å². The van der Waals surface area contributed by atoms with Crippen LogP contribution in [-0.2, 0) is 0 Å². The smallest absolute Gasteiger partial charge is 0.201 e. The fraction of sp³-hybridized carbons (Fsp3) is 0. The predicted octanol–water partition coefficient (Wildman–Crippen LogP) is 1.38. The maximum absolute atomic E-state index is 9.13. The average Bonchev–Trinajstić information content (AvgIpc) is 2.07. The van der Waals surface area contributed by atoms with Gasteiger partial charge in [-0.15, -0.1) is 0 Å². The molecular weight excluding hydrogens is 178 g/mol. The molecule has 0 saturated carbocycles. The van der Waals surface area contributed by atoms with Gasteiger partial charge < -0.3 is 15.3 Å². The lowest BCUT2D eigenvalue weighted by atomic mass is 10.3. The quantitative estimate of drug-likeness (QED) is 0.348. The van der Waals surface area contributed by atoms with Gasteiger partial charge in [-0.25, -0.2) is 0 Å². The van der Waals surface area contributed by atoms with Gasteiger partial charge in [0, 0.05) is 0 Å². The number of benzene rings is 1. The molecule has 1 aromatic carbocycles. The van der Waals surface area contributed by atoms with Gasteiger partial charge >= 0.3 is 0 Å². The normalized spacial score (nSPS) is 9.25. The van der Waals surface area contributed by atoms with Crippen LogP contribution in [0.15, 0.2) is 17.0 Å². The first kappa shape index (κ1) is 8.56. The summed E-state index contributed by atoms with van der Waals surface area (Å²) in [6.07, 6.45) is 0. The molecule has 0 heterocycles. The molecule has 1 aromatic rings. The fourth-order valence-electron chi connectivity index (χ4n) is 0.682. The van der Waals surface area contributed by atoms with Crippen molar-refractivity contribution in [2.75, 3.05) is 0 Å². The van der Waals surface area contributed by atoms with Gasteiger partial charge in [0.05, 0.1) is 4.90 Å². The number of nitriles is 1. The second-order valence-corrected chi connectivity index (χ2v) is 2.80. The molecule has 3 N–H and O–H groups in total. The molecule has 0 bridgehead atoms. The van der Waals surface area contributed by atoms with Crippen LogP contribution in [0.3, 0.4) is 0 Å². The Morgan fingerprint density at radius 1 is 1.17 bits per heavy atom. The average molecular weight is 183 g/mol. The summed E-state index contributed by atoms with van der Waals surface area (Å²) in [5.74, 6) is -1.48. The molecule has 0 saturated heterocycles. The highest BCUT2D eigenvalue weighted by molar-refractivity contribution is 8.03. The summed E-state index contributed by atoms with van der Waals surface area (Å²) in [4.78, 5) is 0.216. The summed E-state index contributed by atoms with van der Waals surface area (Å²) in [7, 11) is 0. The number of phenols is 3. The molecule has 0 spiro atoms. The lowest BCUT2D eigenvalue weighted by molar-refractivity contribution is 0.362. The summed E-state index contributed by atoms with van der Waals surface area (Å²) in [6.45, 7) is 0. The standard InChI is InChI=1S/C7H5NO3S/c8-3-12-5-2-1-4(9)6(10)7(5)11/h1-2,9-11H. The summed E-state index contributed by atoms with van der Waals surface area (Å²) in [5, 5.41) is 37.0. The zero-order valence-electron chi connectivity index (χ0n) is 5.85. The van der Waals surface area contributed by atoms with E-state index in [2.05, 4.69) is 0 Å². The van der Waals surface area contributed by atoms with Crippen LogP contribution in [0, 0.1) is 10.7 Å².